The summed E-state index contributed by atoms with van der Waals surface area (Å²) < 4.78 is 5.70. The fraction of sp³-hybridized carbons (Fsp3) is 1.00. The van der Waals surface area contributed by atoms with Gasteiger partial charge in [-0.3, -0.25) is 4.90 Å². The molecule has 4 unspecified atom stereocenters. The van der Waals surface area contributed by atoms with E-state index in [1.165, 1.54) is 38.5 Å². The fourth-order valence-corrected chi connectivity index (χ4v) is 3.68. The van der Waals surface area contributed by atoms with E-state index < -0.39 is 0 Å². The highest BCUT2D eigenvalue weighted by molar-refractivity contribution is 4.89. The van der Waals surface area contributed by atoms with Crippen molar-refractivity contribution in [2.75, 3.05) is 20.2 Å². The molecule has 0 spiro atoms. The lowest BCUT2D eigenvalue weighted by atomic mass is 9.92. The smallest absolute Gasteiger partial charge is 0.0703 e. The predicted molar refractivity (Wildman–Crippen MR) is 71.0 cm³/mol. The van der Waals surface area contributed by atoms with Gasteiger partial charge in [0.1, 0.15) is 0 Å². The Balaban J connectivity index is 2.01. The van der Waals surface area contributed by atoms with Gasteiger partial charge in [-0.15, -0.1) is 0 Å². The third kappa shape index (κ3) is 3.01. The highest BCUT2D eigenvalue weighted by Crippen LogP contribution is 2.30. The van der Waals surface area contributed by atoms with Crippen molar-refractivity contribution in [3.05, 3.63) is 0 Å². The van der Waals surface area contributed by atoms with Crippen LogP contribution in [0.25, 0.3) is 0 Å². The van der Waals surface area contributed by atoms with Crippen LogP contribution in [0.15, 0.2) is 0 Å². The van der Waals surface area contributed by atoms with Crippen LogP contribution < -0.4 is 5.73 Å². The van der Waals surface area contributed by atoms with Gasteiger partial charge in [0.15, 0.2) is 0 Å². The number of nitrogens with zero attached hydrogens (tertiary/aromatic N) is 1. The Morgan fingerprint density at radius 3 is 2.53 bits per heavy atom. The van der Waals surface area contributed by atoms with E-state index in [1.54, 1.807) is 0 Å². The van der Waals surface area contributed by atoms with Gasteiger partial charge in [-0.2, -0.15) is 0 Å². The number of ether oxygens (including phenoxy) is 1. The van der Waals surface area contributed by atoms with E-state index in [0.717, 1.165) is 13.2 Å². The minimum atomic E-state index is 0.390. The zero-order chi connectivity index (χ0) is 12.3. The van der Waals surface area contributed by atoms with E-state index >= 15 is 0 Å². The first-order valence-electron chi connectivity index (χ1n) is 7.27. The van der Waals surface area contributed by atoms with Crippen LogP contribution >= 0.6 is 0 Å². The third-order valence-corrected chi connectivity index (χ3v) is 4.80. The number of hydrogen-bond donors (Lipinski definition) is 1. The average Bonchev–Trinajstić information content (AvgIpc) is 2.64. The fourth-order valence-electron chi connectivity index (χ4n) is 3.68. The van der Waals surface area contributed by atoms with Crippen molar-refractivity contribution in [2.24, 2.45) is 11.7 Å². The normalized spacial score (nSPS) is 39.5. The van der Waals surface area contributed by atoms with Gasteiger partial charge in [0, 0.05) is 18.7 Å². The molecule has 2 N–H and O–H groups in total. The van der Waals surface area contributed by atoms with Crippen molar-refractivity contribution < 1.29 is 4.74 Å². The summed E-state index contributed by atoms with van der Waals surface area (Å²) in [7, 11) is 2.29. The largest absolute Gasteiger partial charge is 0.377 e. The van der Waals surface area contributed by atoms with Gasteiger partial charge in [0.05, 0.1) is 6.10 Å². The average molecular weight is 240 g/mol. The first kappa shape index (κ1) is 13.3. The SMILES string of the molecule is CC1OCCC1N(C)C1CCCCCC1CN. The topological polar surface area (TPSA) is 38.5 Å². The van der Waals surface area contributed by atoms with Crippen molar-refractivity contribution >= 4 is 0 Å². The van der Waals surface area contributed by atoms with Crippen LogP contribution in [0.4, 0.5) is 0 Å². The van der Waals surface area contributed by atoms with E-state index in [0.29, 0.717) is 24.1 Å². The number of likely N-dealkylation sites (N-methyl/N-ethyl adjacent to an activating group) is 1. The molecule has 1 aliphatic heterocycles. The third-order valence-electron chi connectivity index (χ3n) is 4.80. The highest BCUT2D eigenvalue weighted by atomic mass is 16.5. The molecule has 1 heterocycles. The van der Waals surface area contributed by atoms with Crippen LogP contribution in [0.1, 0.15) is 45.4 Å². The van der Waals surface area contributed by atoms with Crippen LogP contribution in [-0.4, -0.2) is 43.3 Å². The van der Waals surface area contributed by atoms with Crippen LogP contribution in [0.2, 0.25) is 0 Å². The molecule has 2 aliphatic rings. The lowest BCUT2D eigenvalue weighted by Crippen LogP contribution is -2.48. The van der Waals surface area contributed by atoms with Crippen LogP contribution in [0.5, 0.6) is 0 Å². The van der Waals surface area contributed by atoms with E-state index in [9.17, 15) is 0 Å². The molecular formula is C14H28N2O. The van der Waals surface area contributed by atoms with E-state index in [1.807, 2.05) is 0 Å². The number of hydrogen-bond acceptors (Lipinski definition) is 3. The Morgan fingerprint density at radius 2 is 1.88 bits per heavy atom. The molecule has 0 aromatic heterocycles. The second kappa shape index (κ2) is 6.17. The van der Waals surface area contributed by atoms with Crippen molar-refractivity contribution in [1.82, 2.24) is 4.90 Å². The minimum Gasteiger partial charge on any atom is -0.377 e. The van der Waals surface area contributed by atoms with Crippen molar-refractivity contribution in [1.29, 1.82) is 0 Å². The quantitative estimate of drug-likeness (QED) is 0.767. The second-order valence-electron chi connectivity index (χ2n) is 5.80. The molecule has 0 bridgehead atoms. The first-order valence-corrected chi connectivity index (χ1v) is 7.27. The molecular weight excluding hydrogens is 212 g/mol. The maximum Gasteiger partial charge on any atom is 0.0703 e. The molecule has 1 saturated carbocycles. The summed E-state index contributed by atoms with van der Waals surface area (Å²) in [6, 6.07) is 1.28. The molecule has 2 fully saturated rings. The van der Waals surface area contributed by atoms with Gasteiger partial charge in [-0.1, -0.05) is 19.3 Å². The van der Waals surface area contributed by atoms with Crippen molar-refractivity contribution in [3.8, 4) is 0 Å². The molecule has 3 heteroatoms. The van der Waals surface area contributed by atoms with Crippen LogP contribution in [-0.2, 0) is 4.74 Å². The molecule has 1 saturated heterocycles. The van der Waals surface area contributed by atoms with Crippen molar-refractivity contribution in [3.63, 3.8) is 0 Å². The first-order chi connectivity index (χ1) is 8.24. The summed E-state index contributed by atoms with van der Waals surface area (Å²) in [6.45, 7) is 3.98. The van der Waals surface area contributed by atoms with Crippen LogP contribution in [0, 0.1) is 5.92 Å². The summed E-state index contributed by atoms with van der Waals surface area (Å²) in [5, 5.41) is 0. The van der Waals surface area contributed by atoms with Gasteiger partial charge >= 0.3 is 0 Å². The Bertz CT molecular complexity index is 234. The molecule has 2 rings (SSSR count). The number of rotatable bonds is 3. The van der Waals surface area contributed by atoms with Gasteiger partial charge in [-0.05, 0) is 45.7 Å². The van der Waals surface area contributed by atoms with E-state index in [2.05, 4.69) is 18.9 Å². The summed E-state index contributed by atoms with van der Waals surface area (Å²) in [5.74, 6) is 0.690. The van der Waals surface area contributed by atoms with Gasteiger partial charge in [0.25, 0.3) is 0 Å². The van der Waals surface area contributed by atoms with E-state index in [4.69, 9.17) is 10.5 Å². The highest BCUT2D eigenvalue weighted by Gasteiger charge is 2.35. The molecule has 0 aromatic rings. The molecule has 0 amide bonds. The summed E-state index contributed by atoms with van der Waals surface area (Å²) >= 11 is 0. The second-order valence-corrected chi connectivity index (χ2v) is 5.80. The predicted octanol–water partition coefficient (Wildman–Crippen LogP) is 2.00. The molecule has 100 valence electrons. The lowest BCUT2D eigenvalue weighted by molar-refractivity contribution is 0.0511. The summed E-state index contributed by atoms with van der Waals surface area (Å²) in [6.07, 6.45) is 8.33. The molecule has 1 aliphatic carbocycles. The Labute approximate surface area is 106 Å². The maximum atomic E-state index is 5.98. The summed E-state index contributed by atoms with van der Waals surface area (Å²) in [5.41, 5.74) is 5.98. The molecule has 4 atom stereocenters. The summed E-state index contributed by atoms with van der Waals surface area (Å²) in [4.78, 5) is 2.58. The molecule has 3 nitrogen and oxygen atoms in total. The Morgan fingerprint density at radius 1 is 1.12 bits per heavy atom. The van der Waals surface area contributed by atoms with Gasteiger partial charge in [0.2, 0.25) is 0 Å². The monoisotopic (exact) mass is 240 g/mol. The molecule has 17 heavy (non-hydrogen) atoms. The molecule has 0 radical (unpaired) electrons. The maximum absolute atomic E-state index is 5.98. The lowest BCUT2D eigenvalue weighted by Gasteiger charge is -2.38. The van der Waals surface area contributed by atoms with Crippen molar-refractivity contribution in [2.45, 2.75) is 63.6 Å². The van der Waals surface area contributed by atoms with Gasteiger partial charge in [-0.25, -0.2) is 0 Å². The zero-order valence-corrected chi connectivity index (χ0v) is 11.4. The Hall–Kier alpha value is -0.120. The minimum absolute atomic E-state index is 0.390. The van der Waals surface area contributed by atoms with Gasteiger partial charge < -0.3 is 10.5 Å². The van der Waals surface area contributed by atoms with Crippen LogP contribution in [0.3, 0.4) is 0 Å². The zero-order valence-electron chi connectivity index (χ0n) is 11.4. The molecule has 0 aromatic carbocycles. The number of nitrogens with two attached hydrogens (primary N) is 1. The standard InChI is InChI=1S/C14H28N2O/c1-11-13(8-9-17-11)16(2)14-7-5-3-4-6-12(14)10-15/h11-14H,3-10,15H2,1-2H3. The van der Waals surface area contributed by atoms with E-state index in [-0.39, 0.29) is 0 Å². The Kier molecular flexibility index (Phi) is 4.83.